The van der Waals surface area contributed by atoms with Crippen LogP contribution in [0, 0.1) is 5.82 Å². The number of nitrogens with one attached hydrogen (secondary N) is 1. The van der Waals surface area contributed by atoms with E-state index in [4.69, 9.17) is 0 Å². The van der Waals surface area contributed by atoms with Crippen LogP contribution in [0.25, 0.3) is 5.76 Å². The molecule has 1 aliphatic rings. The normalized spacial score (nSPS) is 18.9. The number of quaternary nitrogens is 1. The van der Waals surface area contributed by atoms with Gasteiger partial charge < -0.3 is 14.9 Å². The van der Waals surface area contributed by atoms with Crippen molar-refractivity contribution in [3.05, 3.63) is 77.1 Å². The van der Waals surface area contributed by atoms with Crippen LogP contribution in [-0.4, -0.2) is 48.9 Å². The van der Waals surface area contributed by atoms with Gasteiger partial charge in [-0.25, -0.2) is 4.39 Å². The standard InChI is InChI=1S/C22H23FN2O3/c1-24(2)13-8-14-25-19(16-11-6-7-12-17(16)23)18(21(27)22(25)28)20(26)15-9-4-3-5-10-15/h3-7,9-12,19,26H,8,13-14H2,1-2H3/p+1/t19-/m0/s1. The number of hydrogen-bond donors (Lipinski definition) is 2. The third-order valence-corrected chi connectivity index (χ3v) is 4.86. The van der Waals surface area contributed by atoms with Crippen molar-refractivity contribution in [3.63, 3.8) is 0 Å². The summed E-state index contributed by atoms with van der Waals surface area (Å²) in [6.07, 6.45) is 0.658. The molecule has 3 rings (SSSR count). The molecule has 0 saturated carbocycles. The molecule has 2 aromatic rings. The molecule has 0 unspecified atom stereocenters. The molecule has 0 spiro atoms. The molecule has 6 heteroatoms. The molecule has 5 nitrogen and oxygen atoms in total. The molecule has 1 fully saturated rings. The van der Waals surface area contributed by atoms with Gasteiger partial charge in [0.05, 0.1) is 32.3 Å². The van der Waals surface area contributed by atoms with Crippen LogP contribution < -0.4 is 4.90 Å². The first kappa shape index (κ1) is 19.8. The number of hydrogen-bond acceptors (Lipinski definition) is 3. The second kappa shape index (κ2) is 8.35. The van der Waals surface area contributed by atoms with Crippen LogP contribution in [0.4, 0.5) is 4.39 Å². The quantitative estimate of drug-likeness (QED) is 0.454. The minimum Gasteiger partial charge on any atom is -0.507 e. The summed E-state index contributed by atoms with van der Waals surface area (Å²) < 4.78 is 14.6. The van der Waals surface area contributed by atoms with E-state index in [9.17, 15) is 19.1 Å². The van der Waals surface area contributed by atoms with Crippen molar-refractivity contribution in [3.8, 4) is 0 Å². The monoisotopic (exact) mass is 383 g/mol. The van der Waals surface area contributed by atoms with E-state index < -0.39 is 23.5 Å². The average Bonchev–Trinajstić information content (AvgIpc) is 2.93. The van der Waals surface area contributed by atoms with Crippen LogP contribution in [0.1, 0.15) is 23.6 Å². The largest absolute Gasteiger partial charge is 0.507 e. The molecule has 28 heavy (non-hydrogen) atoms. The third-order valence-electron chi connectivity index (χ3n) is 4.86. The van der Waals surface area contributed by atoms with Crippen molar-refractivity contribution in [2.24, 2.45) is 0 Å². The number of carbonyl (C=O) groups excluding carboxylic acids is 2. The number of aliphatic hydroxyl groups excluding tert-OH is 1. The lowest BCUT2D eigenvalue weighted by atomic mass is 9.95. The number of halogens is 1. The lowest BCUT2D eigenvalue weighted by Gasteiger charge is -2.25. The van der Waals surface area contributed by atoms with E-state index in [0.717, 1.165) is 6.54 Å². The van der Waals surface area contributed by atoms with Gasteiger partial charge in [-0.15, -0.1) is 0 Å². The van der Waals surface area contributed by atoms with Crippen molar-refractivity contribution in [2.75, 3.05) is 27.2 Å². The maximum Gasteiger partial charge on any atom is 0.295 e. The lowest BCUT2D eigenvalue weighted by molar-refractivity contribution is -0.858. The van der Waals surface area contributed by atoms with Gasteiger partial charge in [0.1, 0.15) is 11.6 Å². The molecule has 1 aliphatic heterocycles. The second-order valence-corrected chi connectivity index (χ2v) is 7.19. The number of Topliss-reactive ketones (excluding diaryl/α,β-unsaturated/α-hetero) is 1. The van der Waals surface area contributed by atoms with Gasteiger partial charge in [-0.1, -0.05) is 48.5 Å². The Bertz CT molecular complexity index is 909. The molecular weight excluding hydrogens is 359 g/mol. The first-order chi connectivity index (χ1) is 13.4. The van der Waals surface area contributed by atoms with Gasteiger partial charge in [0.15, 0.2) is 0 Å². The summed E-state index contributed by atoms with van der Waals surface area (Å²) in [5, 5.41) is 10.8. The van der Waals surface area contributed by atoms with Crippen LogP contribution in [0.2, 0.25) is 0 Å². The Morgan fingerprint density at radius 3 is 2.36 bits per heavy atom. The zero-order valence-corrected chi connectivity index (χ0v) is 16.0. The van der Waals surface area contributed by atoms with Gasteiger partial charge in [-0.3, -0.25) is 9.59 Å². The van der Waals surface area contributed by atoms with Crippen LogP contribution in [-0.2, 0) is 9.59 Å². The fourth-order valence-electron chi connectivity index (χ4n) is 3.49. The Hall–Kier alpha value is -2.99. The minimum absolute atomic E-state index is 0.0708. The number of nitrogens with zero attached hydrogens (tertiary/aromatic N) is 1. The summed E-state index contributed by atoms with van der Waals surface area (Å²) in [6, 6.07) is 13.6. The van der Waals surface area contributed by atoms with E-state index in [1.807, 2.05) is 14.1 Å². The van der Waals surface area contributed by atoms with E-state index in [1.54, 1.807) is 48.5 Å². The summed E-state index contributed by atoms with van der Waals surface area (Å²) in [7, 11) is 4.00. The molecule has 1 saturated heterocycles. The van der Waals surface area contributed by atoms with Gasteiger partial charge in [0.2, 0.25) is 0 Å². The summed E-state index contributed by atoms with van der Waals surface area (Å²) in [6.45, 7) is 1.10. The number of rotatable bonds is 6. The SMILES string of the molecule is C[NH+](C)CCCN1C(=O)C(=O)C(=C(O)c2ccccc2)[C@@H]1c1ccccc1F. The molecule has 0 radical (unpaired) electrons. The molecule has 0 aromatic heterocycles. The Kier molecular flexibility index (Phi) is 5.90. The summed E-state index contributed by atoms with van der Waals surface area (Å²) in [5.41, 5.74) is 0.550. The van der Waals surface area contributed by atoms with Crippen molar-refractivity contribution >= 4 is 17.4 Å². The van der Waals surface area contributed by atoms with Crippen molar-refractivity contribution in [2.45, 2.75) is 12.5 Å². The number of carbonyl (C=O) groups is 2. The number of likely N-dealkylation sites (tertiary alicyclic amines) is 1. The van der Waals surface area contributed by atoms with Crippen LogP contribution in [0.15, 0.2) is 60.2 Å². The van der Waals surface area contributed by atoms with Crippen molar-refractivity contribution in [1.29, 1.82) is 0 Å². The summed E-state index contributed by atoms with van der Waals surface area (Å²) >= 11 is 0. The van der Waals surface area contributed by atoms with Crippen molar-refractivity contribution in [1.82, 2.24) is 4.90 Å². The van der Waals surface area contributed by atoms with E-state index >= 15 is 0 Å². The van der Waals surface area contributed by atoms with E-state index in [-0.39, 0.29) is 16.9 Å². The topological polar surface area (TPSA) is 62.0 Å². The molecule has 2 aromatic carbocycles. The zero-order valence-electron chi connectivity index (χ0n) is 16.0. The Morgan fingerprint density at radius 2 is 1.71 bits per heavy atom. The first-order valence-corrected chi connectivity index (χ1v) is 9.29. The summed E-state index contributed by atoms with van der Waals surface area (Å²) in [5.74, 6) is -2.30. The maximum atomic E-state index is 14.6. The third kappa shape index (κ3) is 3.82. The van der Waals surface area contributed by atoms with Gasteiger partial charge in [-0.05, 0) is 6.07 Å². The number of aliphatic hydroxyl groups is 1. The molecule has 0 bridgehead atoms. The minimum atomic E-state index is -0.946. The van der Waals surface area contributed by atoms with Crippen LogP contribution in [0.3, 0.4) is 0 Å². The molecule has 1 atom stereocenters. The average molecular weight is 383 g/mol. The molecule has 2 N–H and O–H groups in total. The molecule has 146 valence electrons. The van der Waals surface area contributed by atoms with Crippen LogP contribution >= 0.6 is 0 Å². The Balaban J connectivity index is 2.10. The van der Waals surface area contributed by atoms with Crippen molar-refractivity contribution < 1.29 is 24.0 Å². The summed E-state index contributed by atoms with van der Waals surface area (Å²) in [4.78, 5) is 28.1. The highest BCUT2D eigenvalue weighted by molar-refractivity contribution is 6.46. The fraction of sp³-hybridized carbons (Fsp3) is 0.273. The number of amides is 1. The highest BCUT2D eigenvalue weighted by atomic mass is 19.1. The number of ketones is 1. The molecule has 0 aliphatic carbocycles. The molecule has 1 amide bonds. The Labute approximate surface area is 163 Å². The number of benzene rings is 2. The first-order valence-electron chi connectivity index (χ1n) is 9.29. The van der Waals surface area contributed by atoms with E-state index in [1.165, 1.54) is 15.9 Å². The molecular formula is C22H24FN2O3+. The lowest BCUT2D eigenvalue weighted by Crippen LogP contribution is -3.05. The van der Waals surface area contributed by atoms with Crippen LogP contribution in [0.5, 0.6) is 0 Å². The smallest absolute Gasteiger partial charge is 0.295 e. The second-order valence-electron chi connectivity index (χ2n) is 7.19. The van der Waals surface area contributed by atoms with E-state index in [2.05, 4.69) is 0 Å². The zero-order chi connectivity index (χ0) is 20.3. The molecule has 1 heterocycles. The van der Waals surface area contributed by atoms with Gasteiger partial charge in [-0.2, -0.15) is 0 Å². The van der Waals surface area contributed by atoms with E-state index in [0.29, 0.717) is 18.5 Å². The van der Waals surface area contributed by atoms with Gasteiger partial charge >= 0.3 is 0 Å². The van der Waals surface area contributed by atoms with Gasteiger partial charge in [0.25, 0.3) is 11.7 Å². The predicted molar refractivity (Wildman–Crippen MR) is 104 cm³/mol. The maximum absolute atomic E-state index is 14.6. The predicted octanol–water partition coefficient (Wildman–Crippen LogP) is 1.78. The highest BCUT2D eigenvalue weighted by Crippen LogP contribution is 2.40. The Morgan fingerprint density at radius 1 is 1.07 bits per heavy atom. The fourth-order valence-corrected chi connectivity index (χ4v) is 3.49. The van der Waals surface area contributed by atoms with Gasteiger partial charge in [0, 0.05) is 24.1 Å². The highest BCUT2D eigenvalue weighted by Gasteiger charge is 2.46.